The van der Waals surface area contributed by atoms with Crippen molar-refractivity contribution in [3.05, 3.63) is 59.1 Å². The van der Waals surface area contributed by atoms with Gasteiger partial charge in [-0.1, -0.05) is 6.58 Å². The highest BCUT2D eigenvalue weighted by Gasteiger charge is 2.30. The number of aldehydes is 1. The van der Waals surface area contributed by atoms with Crippen LogP contribution in [0, 0.1) is 0 Å². The molecule has 126 valence electrons. The van der Waals surface area contributed by atoms with Crippen LogP contribution in [0.3, 0.4) is 0 Å². The molecule has 0 unspecified atom stereocenters. The summed E-state index contributed by atoms with van der Waals surface area (Å²) in [5, 5.41) is 3.71. The molecule has 2 aromatic rings. The number of halogens is 2. The first-order valence-corrected chi connectivity index (χ1v) is 7.78. The molecule has 0 aliphatic carbocycles. The Labute approximate surface area is 142 Å². The van der Waals surface area contributed by atoms with Crippen molar-refractivity contribution in [2.24, 2.45) is 4.99 Å². The molecule has 1 aromatic carbocycles. The van der Waals surface area contributed by atoms with Gasteiger partial charge in [0.25, 0.3) is 0 Å². The lowest BCUT2D eigenvalue weighted by molar-refractivity contribution is -0.231. The molecule has 0 saturated heterocycles. The van der Waals surface area contributed by atoms with Crippen LogP contribution in [0.2, 0.25) is 0 Å². The highest BCUT2D eigenvalue weighted by Crippen LogP contribution is 2.31. The highest BCUT2D eigenvalue weighted by molar-refractivity contribution is 7.18. The fourth-order valence-electron chi connectivity index (χ4n) is 2.04. The number of thiophene rings is 1. The maximum Gasteiger partial charge on any atom is 0.383 e. The smallest absolute Gasteiger partial charge is 0.354 e. The monoisotopic (exact) mass is 350 g/mol. The SMILES string of the molecule is C=CNc1sc(C=O)cc1C(C)=Nc1ccc(C(F)(F)OC)cc1. The molecule has 1 heterocycles. The van der Waals surface area contributed by atoms with Crippen molar-refractivity contribution in [1.82, 2.24) is 0 Å². The minimum atomic E-state index is -3.33. The molecule has 7 heteroatoms. The minimum Gasteiger partial charge on any atom is -0.354 e. The average molecular weight is 350 g/mol. The Morgan fingerprint density at radius 1 is 1.38 bits per heavy atom. The van der Waals surface area contributed by atoms with E-state index < -0.39 is 6.11 Å². The summed E-state index contributed by atoms with van der Waals surface area (Å²) in [6.07, 6.45) is -1.05. The molecule has 0 aliphatic rings. The van der Waals surface area contributed by atoms with Gasteiger partial charge in [-0.15, -0.1) is 11.3 Å². The zero-order valence-corrected chi connectivity index (χ0v) is 14.0. The van der Waals surface area contributed by atoms with E-state index in [1.807, 2.05) is 0 Å². The lowest BCUT2D eigenvalue weighted by atomic mass is 10.1. The quantitative estimate of drug-likeness (QED) is 0.568. The Kier molecular flexibility index (Phi) is 5.58. The molecule has 0 aliphatic heterocycles. The molecule has 1 N–H and O–H groups in total. The van der Waals surface area contributed by atoms with E-state index in [9.17, 15) is 13.6 Å². The van der Waals surface area contributed by atoms with Gasteiger partial charge < -0.3 is 10.1 Å². The van der Waals surface area contributed by atoms with E-state index >= 15 is 0 Å². The molecule has 0 bridgehead atoms. The van der Waals surface area contributed by atoms with Gasteiger partial charge in [-0.05, 0) is 43.5 Å². The normalized spacial score (nSPS) is 12.1. The molecular formula is C17H16F2N2O2S. The number of aliphatic imine (C=N–C) groups is 1. The topological polar surface area (TPSA) is 50.7 Å². The number of nitrogens with zero attached hydrogens (tertiary/aromatic N) is 1. The first-order chi connectivity index (χ1) is 11.4. The third-order valence-corrected chi connectivity index (χ3v) is 4.24. The van der Waals surface area contributed by atoms with Crippen molar-refractivity contribution >= 4 is 34.0 Å². The van der Waals surface area contributed by atoms with Gasteiger partial charge in [-0.2, -0.15) is 8.78 Å². The summed E-state index contributed by atoms with van der Waals surface area (Å²) < 4.78 is 31.0. The third kappa shape index (κ3) is 3.93. The maximum absolute atomic E-state index is 13.4. The second-order valence-electron chi connectivity index (χ2n) is 4.82. The van der Waals surface area contributed by atoms with Gasteiger partial charge in [-0.25, -0.2) is 0 Å². The Hall–Kier alpha value is -2.38. The Morgan fingerprint density at radius 3 is 2.58 bits per heavy atom. The van der Waals surface area contributed by atoms with Crippen LogP contribution in [0.5, 0.6) is 0 Å². The fraction of sp³-hybridized carbons (Fsp3) is 0.176. The number of hydrogen-bond acceptors (Lipinski definition) is 5. The third-order valence-electron chi connectivity index (χ3n) is 3.25. The van der Waals surface area contributed by atoms with Crippen molar-refractivity contribution in [3.8, 4) is 0 Å². The number of ether oxygens (including phenoxy) is 1. The number of carbonyl (C=O) groups is 1. The highest BCUT2D eigenvalue weighted by atomic mass is 32.1. The van der Waals surface area contributed by atoms with Crippen LogP contribution < -0.4 is 5.32 Å². The number of anilines is 1. The number of hydrogen-bond donors (Lipinski definition) is 1. The number of rotatable bonds is 7. The van der Waals surface area contributed by atoms with Gasteiger partial charge in [-0.3, -0.25) is 9.79 Å². The van der Waals surface area contributed by atoms with Crippen LogP contribution in [0.1, 0.15) is 27.7 Å². The van der Waals surface area contributed by atoms with E-state index in [1.165, 1.54) is 41.8 Å². The summed E-state index contributed by atoms with van der Waals surface area (Å²) in [7, 11) is 0.950. The summed E-state index contributed by atoms with van der Waals surface area (Å²) in [6.45, 7) is 5.38. The van der Waals surface area contributed by atoms with Gasteiger partial charge >= 0.3 is 6.11 Å². The first kappa shape index (κ1) is 18.0. The molecule has 24 heavy (non-hydrogen) atoms. The van der Waals surface area contributed by atoms with E-state index in [1.54, 1.807) is 13.0 Å². The van der Waals surface area contributed by atoms with Crippen molar-refractivity contribution in [3.63, 3.8) is 0 Å². The Morgan fingerprint density at radius 2 is 2.04 bits per heavy atom. The van der Waals surface area contributed by atoms with Crippen LogP contribution in [0.15, 0.2) is 48.1 Å². The molecule has 0 amide bonds. The van der Waals surface area contributed by atoms with Gasteiger partial charge in [0.1, 0.15) is 5.00 Å². The van der Waals surface area contributed by atoms with Gasteiger partial charge in [0, 0.05) is 18.4 Å². The molecular weight excluding hydrogens is 334 g/mol. The zero-order valence-electron chi connectivity index (χ0n) is 13.2. The molecule has 4 nitrogen and oxygen atoms in total. The number of methoxy groups -OCH3 is 1. The van der Waals surface area contributed by atoms with Crippen molar-refractivity contribution < 1.29 is 18.3 Å². The molecule has 1 aromatic heterocycles. The van der Waals surface area contributed by atoms with E-state index in [4.69, 9.17) is 0 Å². The largest absolute Gasteiger partial charge is 0.383 e. The molecule has 0 fully saturated rings. The van der Waals surface area contributed by atoms with E-state index in [0.717, 1.165) is 24.0 Å². The van der Waals surface area contributed by atoms with Gasteiger partial charge in [0.05, 0.1) is 16.1 Å². The van der Waals surface area contributed by atoms with Crippen LogP contribution in [-0.2, 0) is 10.8 Å². The molecule has 0 saturated carbocycles. The number of alkyl halides is 2. The first-order valence-electron chi connectivity index (χ1n) is 6.97. The van der Waals surface area contributed by atoms with E-state index in [-0.39, 0.29) is 5.56 Å². The molecule has 2 rings (SSSR count). The van der Waals surface area contributed by atoms with E-state index in [0.29, 0.717) is 16.3 Å². The average Bonchev–Trinajstić information content (AvgIpc) is 2.99. The van der Waals surface area contributed by atoms with Crippen molar-refractivity contribution in [2.75, 3.05) is 12.4 Å². The minimum absolute atomic E-state index is 0.241. The zero-order chi connectivity index (χ0) is 17.7. The Balaban J connectivity index is 2.32. The van der Waals surface area contributed by atoms with Crippen LogP contribution in [-0.4, -0.2) is 19.1 Å². The lowest BCUT2D eigenvalue weighted by Gasteiger charge is -2.13. The summed E-state index contributed by atoms with van der Waals surface area (Å²) in [5.41, 5.74) is 1.68. The summed E-state index contributed by atoms with van der Waals surface area (Å²) in [5.74, 6) is 0. The standard InChI is InChI=1S/C17H16F2N2O2S/c1-4-20-16-15(9-14(10-22)24-16)11(2)21-13-7-5-12(6-8-13)17(18,19)23-3/h4-10,20H,1H2,2-3H3. The van der Waals surface area contributed by atoms with Gasteiger partial charge in [0.15, 0.2) is 6.29 Å². The number of nitrogens with one attached hydrogen (secondary N) is 1. The maximum atomic E-state index is 13.4. The number of carbonyl (C=O) groups excluding carboxylic acids is 1. The predicted octanol–water partition coefficient (Wildman–Crippen LogP) is 4.95. The molecule has 0 atom stereocenters. The number of benzene rings is 1. The van der Waals surface area contributed by atoms with Crippen LogP contribution >= 0.6 is 11.3 Å². The van der Waals surface area contributed by atoms with Gasteiger partial charge in [0.2, 0.25) is 0 Å². The van der Waals surface area contributed by atoms with Crippen molar-refractivity contribution in [2.45, 2.75) is 13.0 Å². The van der Waals surface area contributed by atoms with Crippen molar-refractivity contribution in [1.29, 1.82) is 0 Å². The second kappa shape index (κ2) is 7.46. The fourth-order valence-corrected chi connectivity index (χ4v) is 2.96. The lowest BCUT2D eigenvalue weighted by Crippen LogP contribution is -2.15. The van der Waals surface area contributed by atoms with Crippen LogP contribution in [0.4, 0.5) is 19.5 Å². The summed E-state index contributed by atoms with van der Waals surface area (Å²) in [4.78, 5) is 15.9. The molecule has 0 radical (unpaired) electrons. The van der Waals surface area contributed by atoms with E-state index in [2.05, 4.69) is 21.6 Å². The van der Waals surface area contributed by atoms with Crippen LogP contribution in [0.25, 0.3) is 0 Å². The Bertz CT molecular complexity index is 767. The summed E-state index contributed by atoms with van der Waals surface area (Å²) >= 11 is 1.28. The second-order valence-corrected chi connectivity index (χ2v) is 5.91. The molecule has 0 spiro atoms. The predicted molar refractivity (Wildman–Crippen MR) is 92.7 cm³/mol. The summed E-state index contributed by atoms with van der Waals surface area (Å²) in [6, 6.07) is 7.22.